The van der Waals surface area contributed by atoms with E-state index in [0.717, 1.165) is 63.7 Å². The first-order valence-corrected chi connectivity index (χ1v) is 24.4. The summed E-state index contributed by atoms with van der Waals surface area (Å²) in [6.07, 6.45) is 43.8. The van der Waals surface area contributed by atoms with Gasteiger partial charge in [0.2, 0.25) is 0 Å². The largest absolute Gasteiger partial charge is 0.462 e. The summed E-state index contributed by atoms with van der Waals surface area (Å²) in [5.74, 6) is 0.0136. The molecule has 6 nitrogen and oxygen atoms in total. The minimum atomic E-state index is -0.759. The molecule has 0 saturated heterocycles. The zero-order valence-electron chi connectivity index (χ0n) is 37.4. The highest BCUT2D eigenvalue weighted by molar-refractivity contribution is 5.71. The van der Waals surface area contributed by atoms with Gasteiger partial charge in [-0.1, -0.05) is 233 Å². The van der Waals surface area contributed by atoms with Crippen LogP contribution in [0.1, 0.15) is 272 Å². The maximum atomic E-state index is 12.6. The number of hydrogen-bond acceptors (Lipinski definition) is 6. The summed E-state index contributed by atoms with van der Waals surface area (Å²) in [4.78, 5) is 37.7. The molecule has 0 aromatic carbocycles. The average molecular weight is 779 g/mol. The van der Waals surface area contributed by atoms with Gasteiger partial charge in [-0.3, -0.25) is 14.4 Å². The molecule has 0 N–H and O–H groups in total. The zero-order valence-corrected chi connectivity index (χ0v) is 37.4. The van der Waals surface area contributed by atoms with Gasteiger partial charge in [-0.25, -0.2) is 0 Å². The van der Waals surface area contributed by atoms with Crippen LogP contribution in [-0.2, 0) is 28.6 Å². The quantitative estimate of drug-likeness (QED) is 0.0348. The van der Waals surface area contributed by atoms with Gasteiger partial charge < -0.3 is 14.2 Å². The Hall–Kier alpha value is -1.59. The third kappa shape index (κ3) is 41.9. The fraction of sp³-hybridized carbons (Fsp3) is 0.939. The Labute approximate surface area is 342 Å². The lowest BCUT2D eigenvalue weighted by atomic mass is 9.99. The van der Waals surface area contributed by atoms with E-state index in [0.29, 0.717) is 19.3 Å². The fourth-order valence-corrected chi connectivity index (χ4v) is 7.30. The minimum absolute atomic E-state index is 0.0639. The van der Waals surface area contributed by atoms with Crippen LogP contribution in [0.15, 0.2) is 0 Å². The molecule has 6 heteroatoms. The molecule has 55 heavy (non-hydrogen) atoms. The zero-order chi connectivity index (χ0) is 40.3. The van der Waals surface area contributed by atoms with Crippen molar-refractivity contribution in [1.82, 2.24) is 0 Å². The van der Waals surface area contributed by atoms with Crippen molar-refractivity contribution in [1.29, 1.82) is 0 Å². The van der Waals surface area contributed by atoms with Crippen molar-refractivity contribution in [2.45, 2.75) is 278 Å². The molecule has 0 aliphatic heterocycles. The van der Waals surface area contributed by atoms with Crippen molar-refractivity contribution in [2.75, 3.05) is 13.2 Å². The van der Waals surface area contributed by atoms with Crippen LogP contribution in [0.2, 0.25) is 0 Å². The average Bonchev–Trinajstić information content (AvgIpc) is 3.18. The van der Waals surface area contributed by atoms with E-state index in [1.807, 2.05) is 0 Å². The van der Waals surface area contributed by atoms with Crippen molar-refractivity contribution in [3.63, 3.8) is 0 Å². The third-order valence-electron chi connectivity index (χ3n) is 11.4. The summed E-state index contributed by atoms with van der Waals surface area (Å²) in [6.45, 7) is 9.00. The number of esters is 3. The molecular formula is C49H94O6. The van der Waals surface area contributed by atoms with Crippen LogP contribution >= 0.6 is 0 Å². The second-order valence-electron chi connectivity index (χ2n) is 17.0. The van der Waals surface area contributed by atoms with Gasteiger partial charge in [0.25, 0.3) is 0 Å². The molecule has 0 rings (SSSR count). The lowest BCUT2D eigenvalue weighted by molar-refractivity contribution is -0.167. The summed E-state index contributed by atoms with van der Waals surface area (Å²) in [7, 11) is 0. The highest BCUT2D eigenvalue weighted by atomic mass is 16.6. The topological polar surface area (TPSA) is 78.9 Å². The number of rotatable bonds is 44. The van der Waals surface area contributed by atoms with Gasteiger partial charge in [0, 0.05) is 19.3 Å². The fourth-order valence-electron chi connectivity index (χ4n) is 7.30. The first-order valence-electron chi connectivity index (χ1n) is 24.4. The Kier molecular flexibility index (Phi) is 42.3. The van der Waals surface area contributed by atoms with Crippen LogP contribution in [0.25, 0.3) is 0 Å². The molecule has 2 atom stereocenters. The van der Waals surface area contributed by atoms with E-state index in [2.05, 4.69) is 27.7 Å². The summed E-state index contributed by atoms with van der Waals surface area (Å²) < 4.78 is 16.7. The van der Waals surface area contributed by atoms with E-state index in [1.165, 1.54) is 167 Å². The Morgan fingerprint density at radius 3 is 0.945 bits per heavy atom. The highest BCUT2D eigenvalue weighted by Gasteiger charge is 2.19. The van der Waals surface area contributed by atoms with Gasteiger partial charge in [0.15, 0.2) is 6.10 Å². The number of carbonyl (C=O) groups excluding carboxylic acids is 3. The maximum Gasteiger partial charge on any atom is 0.306 e. The van der Waals surface area contributed by atoms with Gasteiger partial charge in [0.05, 0.1) is 0 Å². The van der Waals surface area contributed by atoms with Crippen molar-refractivity contribution < 1.29 is 28.6 Å². The Morgan fingerprint density at radius 2 is 0.636 bits per heavy atom. The molecule has 0 bridgehead atoms. The van der Waals surface area contributed by atoms with E-state index >= 15 is 0 Å². The Bertz CT molecular complexity index is 828. The number of ether oxygens (including phenoxy) is 3. The standard InChI is InChI=1S/C49H94O6/c1-5-8-10-12-14-15-16-17-18-19-20-21-25-29-32-36-40-47(50)53-43-46(55-49(52)42-38-34-27-13-11-9-6-2)44-54-48(51)41-37-33-30-26-23-22-24-28-31-35-39-45(4)7-3/h45-46H,5-44H2,1-4H3/t45?,46-/m1/s1. The molecule has 0 fully saturated rings. The van der Waals surface area contributed by atoms with Gasteiger partial charge in [-0.15, -0.1) is 0 Å². The highest BCUT2D eigenvalue weighted by Crippen LogP contribution is 2.17. The summed E-state index contributed by atoms with van der Waals surface area (Å²) in [6, 6.07) is 0. The summed E-state index contributed by atoms with van der Waals surface area (Å²) in [5, 5.41) is 0. The van der Waals surface area contributed by atoms with Gasteiger partial charge >= 0.3 is 17.9 Å². The molecule has 0 aromatic rings. The molecule has 0 aliphatic carbocycles. The van der Waals surface area contributed by atoms with Crippen LogP contribution < -0.4 is 0 Å². The van der Waals surface area contributed by atoms with Crippen LogP contribution in [0.3, 0.4) is 0 Å². The second kappa shape index (κ2) is 43.5. The Balaban J connectivity index is 4.20. The summed E-state index contributed by atoms with van der Waals surface area (Å²) >= 11 is 0. The molecule has 0 amide bonds. The van der Waals surface area contributed by atoms with Gasteiger partial charge in [-0.2, -0.15) is 0 Å². The molecule has 0 aliphatic rings. The number of hydrogen-bond donors (Lipinski definition) is 0. The lowest BCUT2D eigenvalue weighted by Crippen LogP contribution is -2.30. The Morgan fingerprint density at radius 1 is 0.364 bits per heavy atom. The van der Waals surface area contributed by atoms with Crippen LogP contribution in [0, 0.1) is 5.92 Å². The first kappa shape index (κ1) is 53.4. The number of carbonyl (C=O) groups is 3. The molecule has 0 aromatic heterocycles. The van der Waals surface area contributed by atoms with Crippen molar-refractivity contribution in [2.24, 2.45) is 5.92 Å². The maximum absolute atomic E-state index is 12.6. The van der Waals surface area contributed by atoms with E-state index < -0.39 is 6.10 Å². The smallest absolute Gasteiger partial charge is 0.306 e. The van der Waals surface area contributed by atoms with Crippen molar-refractivity contribution in [3.8, 4) is 0 Å². The molecule has 326 valence electrons. The van der Waals surface area contributed by atoms with Crippen molar-refractivity contribution in [3.05, 3.63) is 0 Å². The SMILES string of the molecule is CCCCCCCCCCCCCCCCCCC(=O)OC[C@H](COC(=O)CCCCCCCCCCCCC(C)CC)OC(=O)CCCCCCCCC. The van der Waals surface area contributed by atoms with Gasteiger partial charge in [-0.05, 0) is 25.2 Å². The van der Waals surface area contributed by atoms with E-state index in [1.54, 1.807) is 0 Å². The van der Waals surface area contributed by atoms with Gasteiger partial charge in [0.1, 0.15) is 13.2 Å². The van der Waals surface area contributed by atoms with Crippen LogP contribution in [0.5, 0.6) is 0 Å². The minimum Gasteiger partial charge on any atom is -0.462 e. The first-order chi connectivity index (χ1) is 26.9. The predicted molar refractivity (Wildman–Crippen MR) is 233 cm³/mol. The molecule has 0 heterocycles. The lowest BCUT2D eigenvalue weighted by Gasteiger charge is -2.18. The molecule has 1 unspecified atom stereocenters. The molecule has 0 radical (unpaired) electrons. The van der Waals surface area contributed by atoms with Crippen LogP contribution in [0.4, 0.5) is 0 Å². The van der Waals surface area contributed by atoms with E-state index in [-0.39, 0.29) is 31.1 Å². The number of unbranched alkanes of at least 4 members (excludes halogenated alkanes) is 30. The van der Waals surface area contributed by atoms with Crippen LogP contribution in [-0.4, -0.2) is 37.2 Å². The van der Waals surface area contributed by atoms with Crippen molar-refractivity contribution >= 4 is 17.9 Å². The van der Waals surface area contributed by atoms with E-state index in [9.17, 15) is 14.4 Å². The predicted octanol–water partition coefficient (Wildman–Crippen LogP) is 15.5. The van der Waals surface area contributed by atoms with E-state index in [4.69, 9.17) is 14.2 Å². The molecule has 0 saturated carbocycles. The molecule has 0 spiro atoms. The normalized spacial score (nSPS) is 12.4. The monoisotopic (exact) mass is 779 g/mol. The molecular weight excluding hydrogens is 685 g/mol. The second-order valence-corrected chi connectivity index (χ2v) is 17.0. The third-order valence-corrected chi connectivity index (χ3v) is 11.4. The summed E-state index contributed by atoms with van der Waals surface area (Å²) in [5.41, 5.74) is 0.